The Kier molecular flexibility index (Phi) is 1.28. The summed E-state index contributed by atoms with van der Waals surface area (Å²) in [5, 5.41) is 9.32. The van der Waals surface area contributed by atoms with Crippen molar-refractivity contribution in [3.05, 3.63) is 35.9 Å². The first-order valence-corrected chi connectivity index (χ1v) is 3.65. The monoisotopic (exact) mass is 150 g/mol. The summed E-state index contributed by atoms with van der Waals surface area (Å²) in [6, 6.07) is 9.72. The fourth-order valence-electron chi connectivity index (χ4n) is 1.21. The van der Waals surface area contributed by atoms with Crippen LogP contribution < -0.4 is 0 Å². The van der Waals surface area contributed by atoms with E-state index in [1.807, 2.05) is 30.3 Å². The van der Waals surface area contributed by atoms with Gasteiger partial charge in [0.15, 0.2) is 5.79 Å². The van der Waals surface area contributed by atoms with Gasteiger partial charge in [-0.3, -0.25) is 0 Å². The van der Waals surface area contributed by atoms with Crippen molar-refractivity contribution in [3.8, 4) is 0 Å². The van der Waals surface area contributed by atoms with Crippen LogP contribution in [0.3, 0.4) is 0 Å². The Bertz CT molecular complexity index is 254. The van der Waals surface area contributed by atoms with Gasteiger partial charge in [0.25, 0.3) is 0 Å². The summed E-state index contributed by atoms with van der Waals surface area (Å²) in [4.78, 5) is 0. The van der Waals surface area contributed by atoms with E-state index >= 15 is 0 Å². The maximum absolute atomic E-state index is 9.32. The van der Waals surface area contributed by atoms with Crippen LogP contribution in [0.25, 0.3) is 0 Å². The van der Waals surface area contributed by atoms with Gasteiger partial charge in [-0.15, -0.1) is 0 Å². The molecule has 1 N–H and O–H groups in total. The van der Waals surface area contributed by atoms with Crippen molar-refractivity contribution in [3.63, 3.8) is 0 Å². The molecule has 11 heavy (non-hydrogen) atoms. The fraction of sp³-hybridized carbons (Fsp3) is 0.333. The molecule has 2 rings (SSSR count). The summed E-state index contributed by atoms with van der Waals surface area (Å²) < 4.78 is 5.05. The quantitative estimate of drug-likeness (QED) is 0.615. The molecule has 0 amide bonds. The van der Waals surface area contributed by atoms with Crippen LogP contribution in [0.5, 0.6) is 0 Å². The first-order chi connectivity index (χ1) is 5.20. The van der Waals surface area contributed by atoms with Crippen LogP contribution in [0.15, 0.2) is 30.3 Å². The smallest absolute Gasteiger partial charge is 0.194 e. The third-order valence-corrected chi connectivity index (χ3v) is 1.89. The van der Waals surface area contributed by atoms with Crippen molar-refractivity contribution < 1.29 is 9.84 Å². The number of benzene rings is 1. The zero-order chi connectivity index (χ0) is 7.90. The van der Waals surface area contributed by atoms with Gasteiger partial charge < -0.3 is 9.84 Å². The summed E-state index contributed by atoms with van der Waals surface area (Å²) in [6.45, 7) is 1.67. The largest absolute Gasteiger partial charge is 0.363 e. The number of hydrogen-bond acceptors (Lipinski definition) is 2. The number of ether oxygens (including phenoxy) is 1. The molecule has 1 fully saturated rings. The molecule has 0 radical (unpaired) electrons. The van der Waals surface area contributed by atoms with Crippen LogP contribution in [0.4, 0.5) is 0 Å². The van der Waals surface area contributed by atoms with Gasteiger partial charge in [-0.05, 0) is 12.5 Å². The van der Waals surface area contributed by atoms with Gasteiger partial charge in [-0.25, -0.2) is 0 Å². The van der Waals surface area contributed by atoms with E-state index in [9.17, 15) is 5.11 Å². The lowest BCUT2D eigenvalue weighted by atomic mass is 10.1. The first-order valence-electron chi connectivity index (χ1n) is 3.65. The zero-order valence-corrected chi connectivity index (χ0v) is 6.32. The van der Waals surface area contributed by atoms with Crippen molar-refractivity contribution in [2.75, 3.05) is 0 Å². The summed E-state index contributed by atoms with van der Waals surface area (Å²) in [5.74, 6) is -0.929. The molecule has 1 saturated heterocycles. The first kappa shape index (κ1) is 6.83. The Balaban J connectivity index is 2.21. The molecule has 1 aromatic carbocycles. The molecule has 58 valence electrons. The lowest BCUT2D eigenvalue weighted by Crippen LogP contribution is -2.02. The van der Waals surface area contributed by atoms with E-state index in [2.05, 4.69) is 0 Å². The van der Waals surface area contributed by atoms with E-state index in [1.165, 1.54) is 0 Å². The molecule has 1 aliphatic heterocycles. The van der Waals surface area contributed by atoms with Crippen LogP contribution in [-0.4, -0.2) is 10.9 Å². The average Bonchev–Trinajstić information content (AvgIpc) is 2.62. The maximum atomic E-state index is 9.32. The Morgan fingerprint density at radius 1 is 1.36 bits per heavy atom. The lowest BCUT2D eigenvalue weighted by molar-refractivity contribution is 0.0549. The fourth-order valence-corrected chi connectivity index (χ4v) is 1.21. The van der Waals surface area contributed by atoms with E-state index in [1.54, 1.807) is 6.92 Å². The SMILES string of the molecule is C[C@]1(O)O[C@H]1c1ccccc1. The van der Waals surface area contributed by atoms with Crippen LogP contribution in [-0.2, 0) is 4.74 Å². The van der Waals surface area contributed by atoms with Crippen LogP contribution in [0.1, 0.15) is 18.6 Å². The maximum Gasteiger partial charge on any atom is 0.194 e. The summed E-state index contributed by atoms with van der Waals surface area (Å²) in [7, 11) is 0. The zero-order valence-electron chi connectivity index (χ0n) is 6.32. The van der Waals surface area contributed by atoms with Gasteiger partial charge in [0.05, 0.1) is 0 Å². The highest BCUT2D eigenvalue weighted by molar-refractivity contribution is 5.23. The predicted octanol–water partition coefficient (Wildman–Crippen LogP) is 1.47. The third kappa shape index (κ3) is 1.15. The molecule has 1 aliphatic rings. The highest BCUT2D eigenvalue weighted by atomic mass is 16.7. The number of rotatable bonds is 1. The minimum absolute atomic E-state index is 0.122. The van der Waals surface area contributed by atoms with Gasteiger partial charge in [0.2, 0.25) is 0 Å². The summed E-state index contributed by atoms with van der Waals surface area (Å²) in [6.07, 6.45) is -0.122. The Morgan fingerprint density at radius 2 is 1.91 bits per heavy atom. The Labute approximate surface area is 65.4 Å². The van der Waals surface area contributed by atoms with Crippen molar-refractivity contribution in [1.29, 1.82) is 0 Å². The molecule has 0 aromatic heterocycles. The predicted molar refractivity (Wildman–Crippen MR) is 40.9 cm³/mol. The minimum atomic E-state index is -0.929. The highest BCUT2D eigenvalue weighted by Crippen LogP contribution is 2.46. The second kappa shape index (κ2) is 2.06. The second-order valence-electron chi connectivity index (χ2n) is 2.96. The van der Waals surface area contributed by atoms with Gasteiger partial charge in [0.1, 0.15) is 6.10 Å². The number of hydrogen-bond donors (Lipinski definition) is 1. The van der Waals surface area contributed by atoms with Crippen LogP contribution >= 0.6 is 0 Å². The van der Waals surface area contributed by atoms with Crippen LogP contribution in [0.2, 0.25) is 0 Å². The second-order valence-corrected chi connectivity index (χ2v) is 2.96. The third-order valence-electron chi connectivity index (χ3n) is 1.89. The van der Waals surface area contributed by atoms with Crippen molar-refractivity contribution >= 4 is 0 Å². The molecule has 2 atom stereocenters. The topological polar surface area (TPSA) is 32.8 Å². The van der Waals surface area contributed by atoms with Crippen molar-refractivity contribution in [2.24, 2.45) is 0 Å². The molecule has 0 aliphatic carbocycles. The lowest BCUT2D eigenvalue weighted by Gasteiger charge is -1.95. The Hall–Kier alpha value is -0.860. The van der Waals surface area contributed by atoms with Gasteiger partial charge >= 0.3 is 0 Å². The van der Waals surface area contributed by atoms with Gasteiger partial charge in [-0.1, -0.05) is 30.3 Å². The number of aliphatic hydroxyl groups is 1. The molecule has 1 heterocycles. The van der Waals surface area contributed by atoms with Gasteiger partial charge in [0, 0.05) is 0 Å². The van der Waals surface area contributed by atoms with Crippen molar-refractivity contribution in [2.45, 2.75) is 18.8 Å². The number of epoxide rings is 1. The minimum Gasteiger partial charge on any atom is -0.363 e. The van der Waals surface area contributed by atoms with E-state index in [0.29, 0.717) is 0 Å². The van der Waals surface area contributed by atoms with E-state index in [-0.39, 0.29) is 6.10 Å². The standard InChI is InChI=1S/C9H10O2/c1-9(10)8(11-9)7-5-3-2-4-6-7/h2-6,8,10H,1H3/t8-,9-/m0/s1. The molecule has 2 heteroatoms. The molecule has 0 saturated carbocycles. The molecule has 0 bridgehead atoms. The molecular formula is C9H10O2. The highest BCUT2D eigenvalue weighted by Gasteiger charge is 2.51. The van der Waals surface area contributed by atoms with Crippen LogP contribution in [0, 0.1) is 0 Å². The normalized spacial score (nSPS) is 35.3. The molecule has 2 nitrogen and oxygen atoms in total. The summed E-state index contributed by atoms with van der Waals surface area (Å²) in [5.41, 5.74) is 1.04. The van der Waals surface area contributed by atoms with E-state index < -0.39 is 5.79 Å². The molecular weight excluding hydrogens is 140 g/mol. The van der Waals surface area contributed by atoms with E-state index in [0.717, 1.165) is 5.56 Å². The average molecular weight is 150 g/mol. The Morgan fingerprint density at radius 3 is 2.36 bits per heavy atom. The van der Waals surface area contributed by atoms with Crippen molar-refractivity contribution in [1.82, 2.24) is 0 Å². The van der Waals surface area contributed by atoms with E-state index in [4.69, 9.17) is 4.74 Å². The van der Waals surface area contributed by atoms with Gasteiger partial charge in [-0.2, -0.15) is 0 Å². The molecule has 1 aromatic rings. The molecule has 0 spiro atoms. The summed E-state index contributed by atoms with van der Waals surface area (Å²) >= 11 is 0. The molecule has 0 unspecified atom stereocenters.